The number of carboxylic acid groups (broad SMARTS) is 1. The summed E-state index contributed by atoms with van der Waals surface area (Å²) >= 11 is 0. The number of rotatable bonds is 4. The van der Waals surface area contributed by atoms with Gasteiger partial charge in [0.25, 0.3) is 10.0 Å². The van der Waals surface area contributed by atoms with E-state index in [1.165, 1.54) is 18.3 Å². The van der Waals surface area contributed by atoms with E-state index in [9.17, 15) is 26.4 Å². The monoisotopic (exact) mass is 452 g/mol. The van der Waals surface area contributed by atoms with Crippen molar-refractivity contribution in [3.05, 3.63) is 59.3 Å². The maximum absolute atomic E-state index is 13.4. The van der Waals surface area contributed by atoms with Gasteiger partial charge in [0.1, 0.15) is 0 Å². The second-order valence-electron chi connectivity index (χ2n) is 7.79. The predicted octanol–water partition coefficient (Wildman–Crippen LogP) is 4.03. The second-order valence-corrected chi connectivity index (χ2v) is 9.60. The molecule has 6 nitrogen and oxygen atoms in total. The molecule has 0 spiro atoms. The molecular weight excluding hydrogens is 433 g/mol. The molecule has 1 fully saturated rings. The minimum Gasteiger partial charge on any atom is -0.481 e. The normalized spacial score (nSPS) is 15.3. The lowest BCUT2D eigenvalue weighted by molar-refractivity contribution is -0.142. The number of alkyl halides is 3. The van der Waals surface area contributed by atoms with Gasteiger partial charge in [0.15, 0.2) is 0 Å². The Balaban J connectivity index is 1.77. The van der Waals surface area contributed by atoms with Crippen molar-refractivity contribution in [3.8, 4) is 0 Å². The molecule has 0 radical (unpaired) electrons. The van der Waals surface area contributed by atoms with Crippen LogP contribution in [0.3, 0.4) is 0 Å². The molecule has 2 aromatic carbocycles. The number of aryl methyl sites for hydroxylation is 2. The van der Waals surface area contributed by atoms with Gasteiger partial charge < -0.3 is 10.0 Å². The predicted molar refractivity (Wildman–Crippen MR) is 109 cm³/mol. The third-order valence-electron chi connectivity index (χ3n) is 5.49. The van der Waals surface area contributed by atoms with Crippen LogP contribution in [0.2, 0.25) is 0 Å². The molecule has 4 rings (SSSR count). The van der Waals surface area contributed by atoms with Gasteiger partial charge in [0.2, 0.25) is 0 Å². The van der Waals surface area contributed by atoms with Gasteiger partial charge in [-0.3, -0.25) is 4.79 Å². The van der Waals surface area contributed by atoms with Crippen molar-refractivity contribution >= 4 is 32.6 Å². The molecule has 0 amide bonds. The van der Waals surface area contributed by atoms with Gasteiger partial charge in [-0.25, -0.2) is 12.4 Å². The third-order valence-corrected chi connectivity index (χ3v) is 7.14. The van der Waals surface area contributed by atoms with E-state index in [-0.39, 0.29) is 28.9 Å². The summed E-state index contributed by atoms with van der Waals surface area (Å²) in [6, 6.07) is 7.69. The van der Waals surface area contributed by atoms with E-state index in [1.54, 1.807) is 24.8 Å². The number of benzene rings is 2. The highest BCUT2D eigenvalue weighted by molar-refractivity contribution is 7.90. The summed E-state index contributed by atoms with van der Waals surface area (Å²) in [5.41, 5.74) is 0.973. The summed E-state index contributed by atoms with van der Waals surface area (Å²) in [6.45, 7) is 3.85. The summed E-state index contributed by atoms with van der Waals surface area (Å²) in [4.78, 5) is 12.8. The van der Waals surface area contributed by atoms with Crippen LogP contribution in [0.25, 0.3) is 10.9 Å². The van der Waals surface area contributed by atoms with Crippen LogP contribution >= 0.6 is 0 Å². The molecule has 0 atom stereocenters. The average molecular weight is 452 g/mol. The Labute approximate surface area is 176 Å². The van der Waals surface area contributed by atoms with Crippen LogP contribution in [0.5, 0.6) is 0 Å². The number of fused-ring (bicyclic) bond motifs is 1. The lowest BCUT2D eigenvalue weighted by atomic mass is 9.99. The van der Waals surface area contributed by atoms with Crippen LogP contribution in [0, 0.1) is 19.8 Å². The van der Waals surface area contributed by atoms with E-state index in [0.717, 1.165) is 22.2 Å². The van der Waals surface area contributed by atoms with Gasteiger partial charge in [-0.05, 0) is 61.4 Å². The highest BCUT2D eigenvalue weighted by atomic mass is 32.2. The first-order valence-corrected chi connectivity index (χ1v) is 10.9. The molecule has 1 aliphatic heterocycles. The number of anilines is 1. The Morgan fingerprint density at radius 1 is 1.10 bits per heavy atom. The molecule has 164 valence electrons. The molecule has 1 saturated heterocycles. The summed E-state index contributed by atoms with van der Waals surface area (Å²) < 4.78 is 66.9. The maximum atomic E-state index is 13.4. The van der Waals surface area contributed by atoms with Gasteiger partial charge in [-0.2, -0.15) is 13.2 Å². The Kier molecular flexibility index (Phi) is 4.80. The number of hydrogen-bond acceptors (Lipinski definition) is 4. The zero-order valence-electron chi connectivity index (χ0n) is 16.6. The van der Waals surface area contributed by atoms with E-state index in [1.807, 2.05) is 0 Å². The molecule has 1 aliphatic rings. The van der Waals surface area contributed by atoms with Crippen LogP contribution in [-0.2, 0) is 21.0 Å². The molecule has 0 saturated carbocycles. The fraction of sp³-hybridized carbons (Fsp3) is 0.286. The minimum atomic E-state index is -4.53. The summed E-state index contributed by atoms with van der Waals surface area (Å²) in [6.07, 6.45) is -3.22. The molecule has 0 bridgehead atoms. The lowest BCUT2D eigenvalue weighted by Gasteiger charge is -2.38. The summed E-state index contributed by atoms with van der Waals surface area (Å²) in [5.74, 6) is -1.40. The molecule has 1 N–H and O–H groups in total. The van der Waals surface area contributed by atoms with Crippen LogP contribution in [0.15, 0.2) is 47.5 Å². The number of hydrogen-bond donors (Lipinski definition) is 1. The van der Waals surface area contributed by atoms with Crippen molar-refractivity contribution in [3.63, 3.8) is 0 Å². The molecule has 2 heterocycles. The molecule has 0 aliphatic carbocycles. The first-order valence-electron chi connectivity index (χ1n) is 9.42. The minimum absolute atomic E-state index is 0.0157. The first-order chi connectivity index (χ1) is 14.4. The molecule has 31 heavy (non-hydrogen) atoms. The highest BCUT2D eigenvalue weighted by Crippen LogP contribution is 2.35. The van der Waals surface area contributed by atoms with Crippen molar-refractivity contribution in [1.82, 2.24) is 3.97 Å². The standard InChI is InChI=1S/C21H19F3N2O4S/c1-12-5-16(25-10-14(11-25)20(27)28)8-17(6-12)31(29,30)26-9-13(2)18-7-15(21(22,23)24)3-4-19(18)26/h3-9,14H,10-11H2,1-2H3,(H,27,28). The van der Waals surface area contributed by atoms with Gasteiger partial charge >= 0.3 is 12.1 Å². The maximum Gasteiger partial charge on any atom is 0.416 e. The SMILES string of the molecule is Cc1cc(N2CC(C(=O)O)C2)cc(S(=O)(=O)n2cc(C)c3cc(C(F)(F)F)ccc32)c1. The second kappa shape index (κ2) is 7.01. The molecule has 1 aromatic heterocycles. The number of carbonyl (C=O) groups is 1. The fourth-order valence-electron chi connectivity index (χ4n) is 3.75. The van der Waals surface area contributed by atoms with E-state index < -0.39 is 33.7 Å². The zero-order chi connectivity index (χ0) is 22.7. The largest absolute Gasteiger partial charge is 0.481 e. The molecule has 3 aromatic rings. The van der Waals surface area contributed by atoms with Gasteiger partial charge in [0, 0.05) is 30.4 Å². The Morgan fingerprint density at radius 3 is 2.39 bits per heavy atom. The summed E-state index contributed by atoms with van der Waals surface area (Å²) in [7, 11) is -4.09. The van der Waals surface area contributed by atoms with Crippen LogP contribution in [-0.4, -0.2) is 36.6 Å². The number of aliphatic carboxylic acids is 1. The summed E-state index contributed by atoms with van der Waals surface area (Å²) in [5, 5.41) is 9.27. The van der Waals surface area contributed by atoms with Crippen LogP contribution in [0.1, 0.15) is 16.7 Å². The quantitative estimate of drug-likeness (QED) is 0.647. The van der Waals surface area contributed by atoms with Crippen molar-refractivity contribution in [2.45, 2.75) is 24.9 Å². The molecule has 10 heteroatoms. The Hall–Kier alpha value is -3.01. The van der Waals surface area contributed by atoms with Crippen molar-refractivity contribution in [2.24, 2.45) is 5.92 Å². The smallest absolute Gasteiger partial charge is 0.416 e. The number of carboxylic acids is 1. The third kappa shape index (κ3) is 3.65. The molecule has 0 unspecified atom stereocenters. The van der Waals surface area contributed by atoms with Gasteiger partial charge in [-0.1, -0.05) is 0 Å². The first kappa shape index (κ1) is 21.2. The topological polar surface area (TPSA) is 79.6 Å². The molecular formula is C21H19F3N2O4S. The van der Waals surface area contributed by atoms with Crippen LogP contribution < -0.4 is 4.90 Å². The van der Waals surface area contributed by atoms with Gasteiger partial charge in [0.05, 0.1) is 21.9 Å². The highest BCUT2D eigenvalue weighted by Gasteiger charge is 2.34. The lowest BCUT2D eigenvalue weighted by Crippen LogP contribution is -2.50. The fourth-order valence-corrected chi connectivity index (χ4v) is 5.30. The van der Waals surface area contributed by atoms with Crippen molar-refractivity contribution in [2.75, 3.05) is 18.0 Å². The number of halogens is 3. The average Bonchev–Trinajstić information content (AvgIpc) is 2.96. The number of aromatic nitrogens is 1. The van der Waals surface area contributed by atoms with E-state index in [2.05, 4.69) is 0 Å². The Morgan fingerprint density at radius 2 is 1.77 bits per heavy atom. The van der Waals surface area contributed by atoms with Crippen LogP contribution in [0.4, 0.5) is 18.9 Å². The zero-order valence-corrected chi connectivity index (χ0v) is 17.5. The van der Waals surface area contributed by atoms with E-state index in [0.29, 0.717) is 16.8 Å². The Bertz CT molecular complexity index is 1310. The van der Waals surface area contributed by atoms with E-state index >= 15 is 0 Å². The van der Waals surface area contributed by atoms with Crippen molar-refractivity contribution < 1.29 is 31.5 Å². The van der Waals surface area contributed by atoms with Crippen molar-refractivity contribution in [1.29, 1.82) is 0 Å². The number of nitrogens with zero attached hydrogens (tertiary/aromatic N) is 2. The van der Waals surface area contributed by atoms with Gasteiger partial charge in [-0.15, -0.1) is 0 Å². The van der Waals surface area contributed by atoms with E-state index in [4.69, 9.17) is 5.11 Å².